The third kappa shape index (κ3) is 1.40. The summed E-state index contributed by atoms with van der Waals surface area (Å²) < 4.78 is 0. The molecule has 0 aliphatic heterocycles. The fourth-order valence-electron chi connectivity index (χ4n) is 5.14. The Hall–Kier alpha value is -0.0400. The average Bonchev–Trinajstić information content (AvgIpc) is 2.19. The van der Waals surface area contributed by atoms with Gasteiger partial charge in [0.1, 0.15) is 5.60 Å². The maximum atomic E-state index is 13.1. The third-order valence-corrected chi connectivity index (χ3v) is 6.08. The van der Waals surface area contributed by atoms with Crippen LogP contribution in [-0.2, 0) is 5.11 Å². The SMILES string of the molecule is CC12CCCC([O])(C1)C1CC(C)(C)C1CC2. The molecule has 0 spiro atoms. The van der Waals surface area contributed by atoms with Crippen LogP contribution in [0.2, 0.25) is 0 Å². The Kier molecular flexibility index (Phi) is 2.11. The van der Waals surface area contributed by atoms with Gasteiger partial charge in [0.2, 0.25) is 0 Å². The van der Waals surface area contributed by atoms with Gasteiger partial charge in [-0.3, -0.25) is 0 Å². The van der Waals surface area contributed by atoms with E-state index in [0.29, 0.717) is 16.7 Å². The summed E-state index contributed by atoms with van der Waals surface area (Å²) in [5, 5.41) is 13.1. The van der Waals surface area contributed by atoms with Crippen molar-refractivity contribution < 1.29 is 5.11 Å². The molecule has 16 heavy (non-hydrogen) atoms. The van der Waals surface area contributed by atoms with Crippen molar-refractivity contribution >= 4 is 0 Å². The van der Waals surface area contributed by atoms with E-state index in [1.165, 1.54) is 32.1 Å². The molecule has 0 aromatic carbocycles. The van der Waals surface area contributed by atoms with Gasteiger partial charge >= 0.3 is 0 Å². The van der Waals surface area contributed by atoms with Crippen molar-refractivity contribution in [2.45, 2.75) is 71.3 Å². The molecule has 2 bridgehead atoms. The molecular weight excluding hydrogens is 196 g/mol. The molecule has 3 fully saturated rings. The summed E-state index contributed by atoms with van der Waals surface area (Å²) in [5.74, 6) is 1.23. The highest BCUT2D eigenvalue weighted by atomic mass is 16.3. The molecule has 4 atom stereocenters. The molecule has 0 amide bonds. The minimum Gasteiger partial charge on any atom is -0.229 e. The van der Waals surface area contributed by atoms with Gasteiger partial charge in [-0.15, -0.1) is 0 Å². The number of hydrogen-bond donors (Lipinski definition) is 0. The van der Waals surface area contributed by atoms with E-state index >= 15 is 0 Å². The first-order chi connectivity index (χ1) is 7.35. The van der Waals surface area contributed by atoms with Crippen molar-refractivity contribution in [2.75, 3.05) is 0 Å². The van der Waals surface area contributed by atoms with Crippen LogP contribution in [0.1, 0.15) is 65.7 Å². The predicted octanol–water partition coefficient (Wildman–Crippen LogP) is 4.19. The molecule has 3 aliphatic rings. The van der Waals surface area contributed by atoms with E-state index in [1.54, 1.807) is 0 Å². The molecule has 0 aromatic heterocycles. The molecule has 0 saturated heterocycles. The van der Waals surface area contributed by atoms with Crippen molar-refractivity contribution in [1.82, 2.24) is 0 Å². The van der Waals surface area contributed by atoms with Crippen molar-refractivity contribution in [2.24, 2.45) is 22.7 Å². The van der Waals surface area contributed by atoms with Crippen LogP contribution >= 0.6 is 0 Å². The molecule has 0 N–H and O–H groups in total. The Morgan fingerprint density at radius 1 is 1.00 bits per heavy atom. The smallest absolute Gasteiger partial charge is 0.107 e. The Bertz CT molecular complexity index is 309. The summed E-state index contributed by atoms with van der Waals surface area (Å²) in [5.41, 5.74) is 0.285. The lowest BCUT2D eigenvalue weighted by Gasteiger charge is -2.57. The standard InChI is InChI=1S/C15H25O/c1-13(2)9-12-11(13)5-8-14(3)6-4-7-15(12,16)10-14/h11-12H,4-10H2,1-3H3. The highest BCUT2D eigenvalue weighted by molar-refractivity contribution is 5.10. The summed E-state index contributed by atoms with van der Waals surface area (Å²) in [4.78, 5) is 0. The van der Waals surface area contributed by atoms with Gasteiger partial charge in [-0.1, -0.05) is 20.8 Å². The summed E-state index contributed by atoms with van der Waals surface area (Å²) in [7, 11) is 0. The summed E-state index contributed by atoms with van der Waals surface area (Å²) in [6.07, 6.45) is 8.23. The van der Waals surface area contributed by atoms with Gasteiger partial charge in [0, 0.05) is 0 Å². The first kappa shape index (κ1) is 11.1. The second-order valence-electron chi connectivity index (χ2n) is 7.85. The summed E-state index contributed by atoms with van der Waals surface area (Å²) >= 11 is 0. The van der Waals surface area contributed by atoms with Gasteiger partial charge in [0.15, 0.2) is 0 Å². The zero-order valence-electron chi connectivity index (χ0n) is 11.0. The van der Waals surface area contributed by atoms with E-state index in [2.05, 4.69) is 20.8 Å². The van der Waals surface area contributed by atoms with Gasteiger partial charge in [0.05, 0.1) is 0 Å². The monoisotopic (exact) mass is 221 g/mol. The Morgan fingerprint density at radius 3 is 2.44 bits per heavy atom. The Morgan fingerprint density at radius 2 is 1.75 bits per heavy atom. The van der Waals surface area contributed by atoms with Gasteiger partial charge in [-0.05, 0) is 67.6 Å². The second-order valence-corrected chi connectivity index (χ2v) is 7.85. The van der Waals surface area contributed by atoms with E-state index in [1.807, 2.05) is 0 Å². The summed E-state index contributed by atoms with van der Waals surface area (Å²) in [6, 6.07) is 0. The molecule has 0 aromatic rings. The highest BCUT2D eigenvalue weighted by Gasteiger charge is 2.60. The van der Waals surface area contributed by atoms with Gasteiger partial charge in [-0.25, -0.2) is 5.11 Å². The van der Waals surface area contributed by atoms with Crippen LogP contribution in [0.5, 0.6) is 0 Å². The molecule has 3 aliphatic carbocycles. The first-order valence-electron chi connectivity index (χ1n) is 7.05. The first-order valence-corrected chi connectivity index (χ1v) is 7.05. The zero-order chi connectivity index (χ0) is 11.6. The van der Waals surface area contributed by atoms with Crippen LogP contribution in [0.3, 0.4) is 0 Å². The van der Waals surface area contributed by atoms with Crippen LogP contribution in [0, 0.1) is 22.7 Å². The minimum absolute atomic E-state index is 0.382. The molecular formula is C15H25O. The van der Waals surface area contributed by atoms with E-state index in [-0.39, 0.29) is 0 Å². The molecule has 4 unspecified atom stereocenters. The lowest BCUT2D eigenvalue weighted by Crippen LogP contribution is -2.55. The van der Waals surface area contributed by atoms with Crippen LogP contribution in [0.4, 0.5) is 0 Å². The third-order valence-electron chi connectivity index (χ3n) is 6.08. The van der Waals surface area contributed by atoms with E-state index in [4.69, 9.17) is 0 Å². The van der Waals surface area contributed by atoms with Crippen molar-refractivity contribution in [1.29, 1.82) is 0 Å². The maximum Gasteiger partial charge on any atom is 0.107 e. The molecule has 3 saturated carbocycles. The Balaban J connectivity index is 1.92. The Labute approximate surface area is 99.6 Å². The molecule has 1 nitrogen and oxygen atoms in total. The van der Waals surface area contributed by atoms with Crippen LogP contribution < -0.4 is 0 Å². The second kappa shape index (κ2) is 3.04. The van der Waals surface area contributed by atoms with E-state index in [9.17, 15) is 5.11 Å². The predicted molar refractivity (Wildman–Crippen MR) is 64.6 cm³/mol. The van der Waals surface area contributed by atoms with Crippen molar-refractivity contribution in [3.8, 4) is 0 Å². The van der Waals surface area contributed by atoms with Crippen molar-refractivity contribution in [3.63, 3.8) is 0 Å². The molecule has 1 heteroatoms. The van der Waals surface area contributed by atoms with Gasteiger partial charge in [-0.2, -0.15) is 0 Å². The molecule has 3 rings (SSSR count). The van der Waals surface area contributed by atoms with Crippen LogP contribution in [0.15, 0.2) is 0 Å². The quantitative estimate of drug-likeness (QED) is 0.584. The van der Waals surface area contributed by atoms with Crippen LogP contribution in [-0.4, -0.2) is 5.60 Å². The number of fused-ring (bicyclic) bond motifs is 4. The van der Waals surface area contributed by atoms with Gasteiger partial charge in [0.25, 0.3) is 0 Å². The fraction of sp³-hybridized carbons (Fsp3) is 1.00. The van der Waals surface area contributed by atoms with Gasteiger partial charge < -0.3 is 0 Å². The molecule has 0 heterocycles. The zero-order valence-corrected chi connectivity index (χ0v) is 11.0. The topological polar surface area (TPSA) is 19.9 Å². The highest BCUT2D eigenvalue weighted by Crippen LogP contribution is 2.64. The summed E-state index contributed by atoms with van der Waals surface area (Å²) in [6.45, 7) is 7.11. The number of hydrogen-bond acceptors (Lipinski definition) is 0. The van der Waals surface area contributed by atoms with Crippen LogP contribution in [0.25, 0.3) is 0 Å². The maximum absolute atomic E-state index is 13.1. The van der Waals surface area contributed by atoms with Crippen molar-refractivity contribution in [3.05, 3.63) is 0 Å². The lowest BCUT2D eigenvalue weighted by molar-refractivity contribution is -0.192. The van der Waals surface area contributed by atoms with E-state index in [0.717, 1.165) is 18.8 Å². The number of rotatable bonds is 0. The van der Waals surface area contributed by atoms with E-state index < -0.39 is 5.60 Å². The minimum atomic E-state index is -0.552. The average molecular weight is 221 g/mol. The lowest BCUT2D eigenvalue weighted by atomic mass is 9.49. The molecule has 91 valence electrons. The normalized spacial score (nSPS) is 54.8. The molecule has 1 radical (unpaired) electrons. The largest absolute Gasteiger partial charge is 0.229 e. The fourth-order valence-corrected chi connectivity index (χ4v) is 5.14.